The number of alkyl halides is 3. The molecule has 1 aliphatic heterocycles. The van der Waals surface area contributed by atoms with Crippen molar-refractivity contribution >= 4 is 35.3 Å². The SMILES string of the molecule is FC(F)(F)C1=CC(Cl)=IC=C1. The highest BCUT2D eigenvalue weighted by Gasteiger charge is 2.32. The number of allylic oxidation sites excluding steroid dienone is 3. The minimum atomic E-state index is -4.26. The Hall–Kier alpha value is 0.160. The van der Waals surface area contributed by atoms with E-state index in [0.29, 0.717) is 2.97 Å². The summed E-state index contributed by atoms with van der Waals surface area (Å²) in [6.07, 6.45) is -2.19. The van der Waals surface area contributed by atoms with Crippen molar-refractivity contribution in [3.8, 4) is 0 Å². The second-order valence-electron chi connectivity index (χ2n) is 1.79. The normalized spacial score (nSPS) is 18.5. The molecule has 0 spiro atoms. The van der Waals surface area contributed by atoms with E-state index in [2.05, 4.69) is 0 Å². The number of rotatable bonds is 0. The van der Waals surface area contributed by atoms with Gasteiger partial charge in [0.2, 0.25) is 0 Å². The molecule has 0 unspecified atom stereocenters. The number of hydrogen-bond acceptors (Lipinski definition) is 0. The molecular formula is C6H3ClF3I. The minimum absolute atomic E-state index is 0.332. The van der Waals surface area contributed by atoms with Gasteiger partial charge >= 0.3 is 6.18 Å². The molecule has 0 saturated heterocycles. The van der Waals surface area contributed by atoms with Crippen LogP contribution in [0.5, 0.6) is 0 Å². The third kappa shape index (κ3) is 2.59. The lowest BCUT2D eigenvalue weighted by Gasteiger charge is -2.08. The predicted molar refractivity (Wildman–Crippen MR) is 48.2 cm³/mol. The molecule has 0 fully saturated rings. The first-order valence-corrected chi connectivity index (χ1v) is 5.31. The van der Waals surface area contributed by atoms with Crippen LogP contribution in [0.25, 0.3) is 0 Å². The van der Waals surface area contributed by atoms with Gasteiger partial charge in [0.25, 0.3) is 0 Å². The maximum Gasteiger partial charge on any atom is 0.416 e. The summed E-state index contributed by atoms with van der Waals surface area (Å²) in [5.74, 6) is 0. The van der Waals surface area contributed by atoms with Crippen LogP contribution in [0, 0.1) is 0 Å². The van der Waals surface area contributed by atoms with Crippen LogP contribution in [0.2, 0.25) is 0 Å². The maximum absolute atomic E-state index is 11.9. The zero-order valence-electron chi connectivity index (χ0n) is 5.12. The molecule has 0 nitrogen and oxygen atoms in total. The first-order valence-electron chi connectivity index (χ1n) is 2.61. The highest BCUT2D eigenvalue weighted by molar-refractivity contribution is 14.2. The minimum Gasteiger partial charge on any atom is -0.166 e. The van der Waals surface area contributed by atoms with Gasteiger partial charge in [-0.1, -0.05) is 32.3 Å². The molecule has 0 aliphatic carbocycles. The molecule has 0 N–H and O–H groups in total. The third-order valence-corrected chi connectivity index (χ3v) is 3.29. The molecule has 0 atom stereocenters. The molecule has 0 amide bonds. The summed E-state index contributed by atoms with van der Waals surface area (Å²) in [6.45, 7) is 0. The van der Waals surface area contributed by atoms with E-state index >= 15 is 0 Å². The molecule has 5 heteroatoms. The van der Waals surface area contributed by atoms with Crippen molar-refractivity contribution in [3.05, 3.63) is 21.8 Å². The van der Waals surface area contributed by atoms with Gasteiger partial charge in [0, 0.05) is 0 Å². The number of hydrogen-bond donors (Lipinski definition) is 0. The molecule has 62 valence electrons. The van der Waals surface area contributed by atoms with Gasteiger partial charge in [-0.05, 0) is 16.2 Å². The standard InChI is InChI=1S/C6H3ClF3I/c7-5-3-4(1-2-11-5)6(8,9)10/h1-3H. The van der Waals surface area contributed by atoms with Crippen LogP contribution < -0.4 is 0 Å². The van der Waals surface area contributed by atoms with E-state index in [1.807, 2.05) is 0 Å². The zero-order valence-corrected chi connectivity index (χ0v) is 8.04. The number of halogens is 5. The largest absolute Gasteiger partial charge is 0.416 e. The molecule has 0 radical (unpaired) electrons. The van der Waals surface area contributed by atoms with Crippen molar-refractivity contribution in [1.29, 1.82) is 0 Å². The van der Waals surface area contributed by atoms with E-state index in [1.54, 1.807) is 0 Å². The van der Waals surface area contributed by atoms with Crippen LogP contribution in [0.1, 0.15) is 0 Å². The third-order valence-electron chi connectivity index (χ3n) is 1.00. The van der Waals surface area contributed by atoms with Gasteiger partial charge in [-0.25, -0.2) is 0 Å². The lowest BCUT2D eigenvalue weighted by molar-refractivity contribution is -0.0880. The molecule has 11 heavy (non-hydrogen) atoms. The fourth-order valence-corrected chi connectivity index (χ4v) is 2.40. The second-order valence-corrected chi connectivity index (χ2v) is 5.34. The highest BCUT2D eigenvalue weighted by atomic mass is 127. The smallest absolute Gasteiger partial charge is 0.166 e. The Kier molecular flexibility index (Phi) is 2.74. The van der Waals surface area contributed by atoms with Gasteiger partial charge in [0.1, 0.15) is 0 Å². The average molecular weight is 294 g/mol. The molecule has 0 saturated carbocycles. The quantitative estimate of drug-likeness (QED) is 0.601. The Morgan fingerprint density at radius 2 is 2.00 bits per heavy atom. The predicted octanol–water partition coefficient (Wildman–Crippen LogP) is 3.34. The Balaban J connectivity index is 2.93. The van der Waals surface area contributed by atoms with Crippen molar-refractivity contribution in [3.63, 3.8) is 0 Å². The maximum atomic E-state index is 11.9. The first kappa shape index (κ1) is 9.25. The Morgan fingerprint density at radius 1 is 1.36 bits per heavy atom. The van der Waals surface area contributed by atoms with Crippen LogP contribution in [-0.4, -0.2) is 9.14 Å². The van der Waals surface area contributed by atoms with Crippen LogP contribution in [0.15, 0.2) is 21.8 Å². The average Bonchev–Trinajstić information content (AvgIpc) is 1.86. The van der Waals surface area contributed by atoms with Gasteiger partial charge < -0.3 is 0 Å². The molecular weight excluding hydrogens is 291 g/mol. The topological polar surface area (TPSA) is 0 Å². The van der Waals surface area contributed by atoms with Crippen LogP contribution >= 0.6 is 32.3 Å². The molecule has 1 heterocycles. The molecule has 0 bridgehead atoms. The Bertz CT molecular complexity index is 249. The van der Waals surface area contributed by atoms with E-state index in [1.165, 1.54) is 4.08 Å². The van der Waals surface area contributed by atoms with E-state index in [-0.39, 0.29) is 0 Å². The fourth-order valence-electron chi connectivity index (χ4n) is 0.533. The van der Waals surface area contributed by atoms with Gasteiger partial charge in [-0.2, -0.15) is 13.2 Å². The molecule has 0 aromatic rings. The van der Waals surface area contributed by atoms with E-state index < -0.39 is 32.5 Å². The lowest BCUT2D eigenvalue weighted by atomic mass is 10.2. The Labute approximate surface area is 76.5 Å². The summed E-state index contributed by atoms with van der Waals surface area (Å²) in [5, 5.41) is 0. The van der Waals surface area contributed by atoms with Crippen molar-refractivity contribution in [2.45, 2.75) is 6.18 Å². The molecule has 1 rings (SSSR count). The molecule has 0 aromatic carbocycles. The van der Waals surface area contributed by atoms with E-state index in [9.17, 15) is 13.2 Å². The van der Waals surface area contributed by atoms with Crippen molar-refractivity contribution in [2.24, 2.45) is 0 Å². The summed E-state index contributed by atoms with van der Waals surface area (Å²) in [7, 11) is 0. The van der Waals surface area contributed by atoms with Gasteiger partial charge in [0.05, 0.1) is 8.54 Å². The van der Waals surface area contributed by atoms with Gasteiger partial charge in [-0.15, -0.1) is 0 Å². The van der Waals surface area contributed by atoms with Crippen molar-refractivity contribution in [2.75, 3.05) is 0 Å². The molecule has 0 aromatic heterocycles. The van der Waals surface area contributed by atoms with Crippen molar-refractivity contribution < 1.29 is 13.2 Å². The van der Waals surface area contributed by atoms with Gasteiger partial charge in [0.15, 0.2) is 0 Å². The Morgan fingerprint density at radius 3 is 2.36 bits per heavy atom. The van der Waals surface area contributed by atoms with Crippen molar-refractivity contribution in [1.82, 2.24) is 0 Å². The van der Waals surface area contributed by atoms with E-state index in [4.69, 9.17) is 11.6 Å². The summed E-state index contributed by atoms with van der Waals surface area (Å²) in [5.41, 5.74) is -0.659. The summed E-state index contributed by atoms with van der Waals surface area (Å²) >= 11 is 4.96. The van der Waals surface area contributed by atoms with Crippen LogP contribution in [0.4, 0.5) is 13.2 Å². The highest BCUT2D eigenvalue weighted by Crippen LogP contribution is 2.30. The molecule has 1 aliphatic rings. The summed E-state index contributed by atoms with van der Waals surface area (Å²) in [6, 6.07) is 0. The van der Waals surface area contributed by atoms with Crippen LogP contribution in [-0.2, 0) is 0 Å². The monoisotopic (exact) mass is 294 g/mol. The lowest BCUT2D eigenvalue weighted by Crippen LogP contribution is -2.11. The summed E-state index contributed by atoms with van der Waals surface area (Å²) in [4.78, 5) is 0. The fraction of sp³-hybridized carbons (Fsp3) is 0.167. The van der Waals surface area contributed by atoms with Crippen LogP contribution in [0.3, 0.4) is 0 Å². The van der Waals surface area contributed by atoms with E-state index in [0.717, 1.165) is 12.2 Å². The summed E-state index contributed by atoms with van der Waals surface area (Å²) < 4.78 is 37.6. The zero-order chi connectivity index (χ0) is 8.48. The second kappa shape index (κ2) is 3.26. The van der Waals surface area contributed by atoms with Gasteiger partial charge in [-0.3, -0.25) is 0 Å². The first-order chi connectivity index (χ1) is 5.00.